The van der Waals surface area contributed by atoms with E-state index in [1.165, 1.54) is 4.68 Å². The summed E-state index contributed by atoms with van der Waals surface area (Å²) in [4.78, 5) is 27.1. The van der Waals surface area contributed by atoms with Gasteiger partial charge in [-0.1, -0.05) is 12.1 Å². The molecule has 1 atom stereocenters. The first-order valence-electron chi connectivity index (χ1n) is 9.35. The Labute approximate surface area is 158 Å². The van der Waals surface area contributed by atoms with Crippen LogP contribution in [0.15, 0.2) is 30.3 Å². The molecule has 2 N–H and O–H groups in total. The van der Waals surface area contributed by atoms with Crippen molar-refractivity contribution in [2.75, 3.05) is 18.8 Å². The molecule has 2 aromatic rings. The Morgan fingerprint density at radius 1 is 1.30 bits per heavy atom. The second-order valence-electron chi connectivity index (χ2n) is 7.48. The molecule has 1 aromatic heterocycles. The van der Waals surface area contributed by atoms with Gasteiger partial charge in [-0.3, -0.25) is 9.59 Å². The summed E-state index contributed by atoms with van der Waals surface area (Å²) < 4.78 is 7.82. The number of ether oxygens (including phenoxy) is 1. The smallest absolute Gasteiger partial charge is 0.244 e. The van der Waals surface area contributed by atoms with Crippen molar-refractivity contribution in [3.8, 4) is 5.75 Å². The van der Waals surface area contributed by atoms with Gasteiger partial charge in [0.25, 0.3) is 0 Å². The van der Waals surface area contributed by atoms with Crippen LogP contribution >= 0.6 is 0 Å². The first-order chi connectivity index (χ1) is 13.0. The van der Waals surface area contributed by atoms with Gasteiger partial charge in [0.1, 0.15) is 23.7 Å². The maximum atomic E-state index is 12.7. The molecule has 4 rings (SSSR count). The summed E-state index contributed by atoms with van der Waals surface area (Å²) in [6.07, 6.45) is 2.58. The Bertz CT molecular complexity index is 891. The van der Waals surface area contributed by atoms with Crippen LogP contribution in [0.5, 0.6) is 5.75 Å². The predicted molar refractivity (Wildman–Crippen MR) is 101 cm³/mol. The highest BCUT2D eigenvalue weighted by atomic mass is 16.5. The van der Waals surface area contributed by atoms with E-state index in [1.807, 2.05) is 36.1 Å². The standard InChI is InChI=1S/C20H24N4O3/c1-14-11-18(21)24(22-14)13-19(26)23-9-4-7-20(8-10-23)12-16(25)15-5-2-3-6-17(15)27-20/h2-3,5-6,11H,4,7-10,12-13,21H2,1H3. The number of para-hydroxylation sites is 1. The lowest BCUT2D eigenvalue weighted by atomic mass is 9.84. The minimum atomic E-state index is -0.512. The molecule has 2 aliphatic heterocycles. The van der Waals surface area contributed by atoms with E-state index in [1.54, 1.807) is 6.07 Å². The van der Waals surface area contributed by atoms with Crippen LogP contribution in [0.3, 0.4) is 0 Å². The predicted octanol–water partition coefficient (Wildman–Crippen LogP) is 2.19. The zero-order chi connectivity index (χ0) is 19.0. The number of Topliss-reactive ketones (excluding diaryl/α,β-unsaturated/α-hetero) is 1. The number of hydrogen-bond donors (Lipinski definition) is 1. The quantitative estimate of drug-likeness (QED) is 0.877. The van der Waals surface area contributed by atoms with Crippen molar-refractivity contribution in [1.82, 2.24) is 14.7 Å². The summed E-state index contributed by atoms with van der Waals surface area (Å²) in [7, 11) is 0. The molecule has 3 heterocycles. The average molecular weight is 368 g/mol. The summed E-state index contributed by atoms with van der Waals surface area (Å²) in [6.45, 7) is 3.20. The Balaban J connectivity index is 1.46. The zero-order valence-electron chi connectivity index (χ0n) is 15.5. The number of nitrogen functional groups attached to an aromatic ring is 1. The second kappa shape index (κ2) is 6.72. The summed E-state index contributed by atoms with van der Waals surface area (Å²) in [5, 5.41) is 4.26. The lowest BCUT2D eigenvalue weighted by Crippen LogP contribution is -2.43. The van der Waals surface area contributed by atoms with Gasteiger partial charge in [-0.05, 0) is 31.9 Å². The van der Waals surface area contributed by atoms with Gasteiger partial charge in [-0.2, -0.15) is 5.10 Å². The van der Waals surface area contributed by atoms with E-state index in [4.69, 9.17) is 10.5 Å². The Morgan fingerprint density at radius 2 is 2.11 bits per heavy atom. The van der Waals surface area contributed by atoms with Gasteiger partial charge in [0.05, 0.1) is 17.7 Å². The summed E-state index contributed by atoms with van der Waals surface area (Å²) in [5.74, 6) is 1.26. The lowest BCUT2D eigenvalue weighted by molar-refractivity contribution is -0.132. The van der Waals surface area contributed by atoms with Crippen molar-refractivity contribution in [3.05, 3.63) is 41.6 Å². The highest BCUT2D eigenvalue weighted by Gasteiger charge is 2.41. The number of likely N-dealkylation sites (tertiary alicyclic amines) is 1. The Kier molecular flexibility index (Phi) is 4.37. The number of nitrogens with two attached hydrogens (primary N) is 1. The lowest BCUT2D eigenvalue weighted by Gasteiger charge is -2.37. The zero-order valence-corrected chi connectivity index (χ0v) is 15.5. The molecular weight excluding hydrogens is 344 g/mol. The molecule has 142 valence electrons. The van der Waals surface area contributed by atoms with E-state index < -0.39 is 5.60 Å². The molecule has 27 heavy (non-hydrogen) atoms. The van der Waals surface area contributed by atoms with Crippen LogP contribution in [-0.4, -0.2) is 45.1 Å². The number of ketones is 1. The normalized spacial score (nSPS) is 22.3. The molecule has 7 heteroatoms. The highest BCUT2D eigenvalue weighted by Crippen LogP contribution is 2.39. The number of fused-ring (bicyclic) bond motifs is 1. The molecule has 0 radical (unpaired) electrons. The molecule has 1 spiro atoms. The number of hydrogen-bond acceptors (Lipinski definition) is 5. The molecule has 7 nitrogen and oxygen atoms in total. The highest BCUT2D eigenvalue weighted by molar-refractivity contribution is 6.00. The maximum Gasteiger partial charge on any atom is 0.244 e. The molecule has 2 aliphatic rings. The molecule has 1 saturated heterocycles. The van der Waals surface area contributed by atoms with Crippen LogP contribution in [-0.2, 0) is 11.3 Å². The fraction of sp³-hybridized carbons (Fsp3) is 0.450. The Hall–Kier alpha value is -2.83. The number of rotatable bonds is 2. The fourth-order valence-corrected chi connectivity index (χ4v) is 4.06. The summed E-state index contributed by atoms with van der Waals surface area (Å²) in [6, 6.07) is 9.16. The number of amides is 1. The van der Waals surface area contributed by atoms with Crippen molar-refractivity contribution in [2.45, 2.75) is 44.8 Å². The van der Waals surface area contributed by atoms with E-state index >= 15 is 0 Å². The van der Waals surface area contributed by atoms with Gasteiger partial charge in [0.15, 0.2) is 5.78 Å². The third-order valence-corrected chi connectivity index (χ3v) is 5.47. The van der Waals surface area contributed by atoms with Gasteiger partial charge in [0.2, 0.25) is 5.91 Å². The van der Waals surface area contributed by atoms with Crippen molar-refractivity contribution in [3.63, 3.8) is 0 Å². The summed E-state index contributed by atoms with van der Waals surface area (Å²) >= 11 is 0. The van der Waals surface area contributed by atoms with E-state index in [0.717, 1.165) is 18.5 Å². The molecule has 1 aromatic carbocycles. The third kappa shape index (κ3) is 3.41. The van der Waals surface area contributed by atoms with Crippen molar-refractivity contribution >= 4 is 17.5 Å². The largest absolute Gasteiger partial charge is 0.486 e. The van der Waals surface area contributed by atoms with Crippen LogP contribution < -0.4 is 10.5 Å². The molecule has 1 unspecified atom stereocenters. The average Bonchev–Trinajstić information content (AvgIpc) is 2.82. The summed E-state index contributed by atoms with van der Waals surface area (Å²) in [5.41, 5.74) is 6.83. The maximum absolute atomic E-state index is 12.7. The van der Waals surface area contributed by atoms with E-state index in [-0.39, 0.29) is 18.2 Å². The van der Waals surface area contributed by atoms with Crippen molar-refractivity contribution in [2.24, 2.45) is 0 Å². The van der Waals surface area contributed by atoms with E-state index in [0.29, 0.717) is 43.1 Å². The van der Waals surface area contributed by atoms with Gasteiger partial charge in [-0.25, -0.2) is 4.68 Å². The molecule has 0 saturated carbocycles. The van der Waals surface area contributed by atoms with Crippen LogP contribution in [0.1, 0.15) is 41.7 Å². The van der Waals surface area contributed by atoms with Gasteiger partial charge in [0, 0.05) is 25.6 Å². The van der Waals surface area contributed by atoms with Crippen LogP contribution in [0.25, 0.3) is 0 Å². The fourth-order valence-electron chi connectivity index (χ4n) is 4.06. The Morgan fingerprint density at radius 3 is 2.89 bits per heavy atom. The third-order valence-electron chi connectivity index (χ3n) is 5.47. The number of aryl methyl sites for hydroxylation is 1. The monoisotopic (exact) mass is 368 g/mol. The number of carbonyl (C=O) groups excluding carboxylic acids is 2. The van der Waals surface area contributed by atoms with Crippen LogP contribution in [0, 0.1) is 6.92 Å². The topological polar surface area (TPSA) is 90.5 Å². The number of benzene rings is 1. The van der Waals surface area contributed by atoms with Crippen LogP contribution in [0.4, 0.5) is 5.82 Å². The number of anilines is 1. The molecule has 0 aliphatic carbocycles. The minimum absolute atomic E-state index is 0.00983. The van der Waals surface area contributed by atoms with Crippen molar-refractivity contribution < 1.29 is 14.3 Å². The SMILES string of the molecule is Cc1cc(N)n(CC(=O)N2CCCC3(CC2)CC(=O)c2ccccc2O3)n1. The number of aromatic nitrogens is 2. The van der Waals surface area contributed by atoms with E-state index in [9.17, 15) is 9.59 Å². The molecular formula is C20H24N4O3. The van der Waals surface area contributed by atoms with Crippen LogP contribution in [0.2, 0.25) is 0 Å². The second-order valence-corrected chi connectivity index (χ2v) is 7.48. The number of nitrogens with zero attached hydrogens (tertiary/aromatic N) is 3. The van der Waals surface area contributed by atoms with Gasteiger partial charge in [-0.15, -0.1) is 0 Å². The minimum Gasteiger partial charge on any atom is -0.486 e. The molecule has 1 fully saturated rings. The van der Waals surface area contributed by atoms with Crippen molar-refractivity contribution in [1.29, 1.82) is 0 Å². The molecule has 0 bridgehead atoms. The first kappa shape index (κ1) is 17.6. The van der Waals surface area contributed by atoms with Gasteiger partial charge >= 0.3 is 0 Å². The van der Waals surface area contributed by atoms with Gasteiger partial charge < -0.3 is 15.4 Å². The first-order valence-corrected chi connectivity index (χ1v) is 9.35. The molecule has 1 amide bonds. The van der Waals surface area contributed by atoms with E-state index in [2.05, 4.69) is 5.10 Å². The number of carbonyl (C=O) groups is 2.